The molecule has 0 fully saturated rings. The molecule has 0 spiro atoms. The highest BCUT2D eigenvalue weighted by atomic mass is 32.1. The Labute approximate surface area is 185 Å². The standard InChI is InChI=1S/C24H21N5OS/c30-23(20-14-8-3-9-15-20)26-21(16-18-10-4-1-5-11-18)22-27-28-24(31)29(22)25-17-19-12-6-2-7-13-19/h1-15,17,21H,16H2,(H,26,30)(H,28,31). The molecular weight excluding hydrogens is 406 g/mol. The fraction of sp³-hybridized carbons (Fsp3) is 0.0833. The maximum Gasteiger partial charge on any atom is 0.251 e. The van der Waals surface area contributed by atoms with Gasteiger partial charge in [0, 0.05) is 12.0 Å². The summed E-state index contributed by atoms with van der Waals surface area (Å²) in [4.78, 5) is 12.9. The SMILES string of the molecule is O=C(NC(Cc1ccccc1)c1n[nH]c(=S)n1N=Cc1ccccc1)c1ccccc1. The number of amides is 1. The van der Waals surface area contributed by atoms with Gasteiger partial charge in [0.15, 0.2) is 5.82 Å². The molecular formula is C24H21N5OS. The van der Waals surface area contributed by atoms with Crippen molar-refractivity contribution in [1.82, 2.24) is 20.2 Å². The molecule has 4 aromatic rings. The summed E-state index contributed by atoms with van der Waals surface area (Å²) < 4.78 is 1.91. The van der Waals surface area contributed by atoms with E-state index in [0.29, 0.717) is 22.6 Å². The quantitative estimate of drug-likeness (QED) is 0.336. The zero-order valence-corrected chi connectivity index (χ0v) is 17.5. The summed E-state index contributed by atoms with van der Waals surface area (Å²) in [5.41, 5.74) is 2.58. The number of carbonyl (C=O) groups is 1. The van der Waals surface area contributed by atoms with Crippen molar-refractivity contribution in [2.45, 2.75) is 12.5 Å². The van der Waals surface area contributed by atoms with Gasteiger partial charge < -0.3 is 5.32 Å². The molecule has 6 nitrogen and oxygen atoms in total. The molecule has 1 aromatic heterocycles. The first-order chi connectivity index (χ1) is 15.2. The summed E-state index contributed by atoms with van der Waals surface area (Å²) in [6, 6.07) is 28.3. The smallest absolute Gasteiger partial charge is 0.251 e. The first-order valence-electron chi connectivity index (χ1n) is 9.87. The van der Waals surface area contributed by atoms with Gasteiger partial charge in [0.25, 0.3) is 5.91 Å². The highest BCUT2D eigenvalue weighted by Gasteiger charge is 2.22. The lowest BCUT2D eigenvalue weighted by molar-refractivity contribution is 0.0934. The van der Waals surface area contributed by atoms with Gasteiger partial charge in [-0.3, -0.25) is 9.89 Å². The van der Waals surface area contributed by atoms with Crippen molar-refractivity contribution in [1.29, 1.82) is 0 Å². The van der Waals surface area contributed by atoms with E-state index in [1.165, 1.54) is 0 Å². The van der Waals surface area contributed by atoms with Crippen LogP contribution in [0.3, 0.4) is 0 Å². The third-order valence-corrected chi connectivity index (χ3v) is 5.00. The second-order valence-corrected chi connectivity index (χ2v) is 7.32. The summed E-state index contributed by atoms with van der Waals surface area (Å²) in [5, 5.41) is 14.8. The largest absolute Gasteiger partial charge is 0.342 e. The monoisotopic (exact) mass is 427 g/mol. The molecule has 3 aromatic carbocycles. The van der Waals surface area contributed by atoms with Crippen LogP contribution in [0.5, 0.6) is 0 Å². The predicted molar refractivity (Wildman–Crippen MR) is 124 cm³/mol. The molecule has 7 heteroatoms. The van der Waals surface area contributed by atoms with Gasteiger partial charge in [-0.05, 0) is 35.5 Å². The van der Waals surface area contributed by atoms with E-state index in [2.05, 4.69) is 20.6 Å². The molecule has 0 aliphatic carbocycles. The Hall–Kier alpha value is -3.84. The van der Waals surface area contributed by atoms with Gasteiger partial charge in [0.1, 0.15) is 0 Å². The number of aromatic nitrogens is 3. The van der Waals surface area contributed by atoms with Crippen molar-refractivity contribution in [3.05, 3.63) is 118 Å². The Kier molecular flexibility index (Phi) is 6.44. The third-order valence-electron chi connectivity index (χ3n) is 4.73. The lowest BCUT2D eigenvalue weighted by atomic mass is 10.0. The number of H-pyrrole nitrogens is 1. The number of carbonyl (C=O) groups excluding carboxylic acids is 1. The minimum atomic E-state index is -0.434. The molecule has 0 saturated heterocycles. The van der Waals surface area contributed by atoms with Gasteiger partial charge in [-0.25, -0.2) is 0 Å². The van der Waals surface area contributed by atoms with Crippen LogP contribution in [0, 0.1) is 4.77 Å². The van der Waals surface area contributed by atoms with E-state index in [1.54, 1.807) is 23.0 Å². The molecule has 0 bridgehead atoms. The number of hydrogen-bond donors (Lipinski definition) is 2. The lowest BCUT2D eigenvalue weighted by Crippen LogP contribution is -2.31. The van der Waals surface area contributed by atoms with Crippen LogP contribution in [0.1, 0.15) is 33.4 Å². The molecule has 0 aliphatic rings. The molecule has 154 valence electrons. The first kappa shape index (κ1) is 20.4. The van der Waals surface area contributed by atoms with Crippen molar-refractivity contribution < 1.29 is 4.79 Å². The maximum absolute atomic E-state index is 12.9. The molecule has 1 unspecified atom stereocenters. The predicted octanol–water partition coefficient (Wildman–Crippen LogP) is 4.54. The second kappa shape index (κ2) is 9.77. The molecule has 2 N–H and O–H groups in total. The Balaban J connectivity index is 1.67. The molecule has 1 heterocycles. The maximum atomic E-state index is 12.9. The van der Waals surface area contributed by atoms with E-state index < -0.39 is 6.04 Å². The zero-order chi connectivity index (χ0) is 21.5. The van der Waals surface area contributed by atoms with Gasteiger partial charge in [-0.1, -0.05) is 78.9 Å². The van der Waals surface area contributed by atoms with Crippen LogP contribution in [0.4, 0.5) is 0 Å². The molecule has 1 amide bonds. The normalized spacial score (nSPS) is 12.0. The molecule has 31 heavy (non-hydrogen) atoms. The van der Waals surface area contributed by atoms with E-state index in [4.69, 9.17) is 12.2 Å². The summed E-state index contributed by atoms with van der Waals surface area (Å²) in [6.07, 6.45) is 2.26. The van der Waals surface area contributed by atoms with Gasteiger partial charge in [-0.15, -0.1) is 0 Å². The lowest BCUT2D eigenvalue weighted by Gasteiger charge is -2.18. The average Bonchev–Trinajstić information content (AvgIpc) is 3.19. The number of benzene rings is 3. The minimum Gasteiger partial charge on any atom is -0.342 e. The van der Waals surface area contributed by atoms with Crippen LogP contribution in [0.15, 0.2) is 96.1 Å². The van der Waals surface area contributed by atoms with Gasteiger partial charge in [-0.2, -0.15) is 14.9 Å². The summed E-state index contributed by atoms with van der Waals surface area (Å²) in [7, 11) is 0. The Morgan fingerprint density at radius 2 is 1.61 bits per heavy atom. The number of nitrogens with one attached hydrogen (secondary N) is 2. The van der Waals surface area contributed by atoms with Crippen molar-refractivity contribution in [2.24, 2.45) is 5.10 Å². The third kappa shape index (κ3) is 5.21. The first-order valence-corrected chi connectivity index (χ1v) is 10.3. The van der Waals surface area contributed by atoms with Crippen LogP contribution >= 0.6 is 12.2 Å². The Bertz CT molecular complexity index is 1220. The fourth-order valence-corrected chi connectivity index (χ4v) is 3.38. The molecule has 1 atom stereocenters. The highest BCUT2D eigenvalue weighted by Crippen LogP contribution is 2.18. The zero-order valence-electron chi connectivity index (χ0n) is 16.7. The average molecular weight is 428 g/mol. The topological polar surface area (TPSA) is 75.1 Å². The number of aromatic amines is 1. The van der Waals surface area contributed by atoms with Crippen molar-refractivity contribution in [3.8, 4) is 0 Å². The van der Waals surface area contributed by atoms with Gasteiger partial charge >= 0.3 is 0 Å². The Morgan fingerprint density at radius 1 is 1.00 bits per heavy atom. The molecule has 0 radical (unpaired) electrons. The van der Waals surface area contributed by atoms with Crippen LogP contribution in [-0.2, 0) is 6.42 Å². The summed E-state index contributed by atoms with van der Waals surface area (Å²) in [5.74, 6) is 0.347. The van der Waals surface area contributed by atoms with E-state index in [9.17, 15) is 4.79 Å². The number of rotatable bonds is 7. The van der Waals surface area contributed by atoms with Crippen LogP contribution < -0.4 is 5.32 Å². The van der Waals surface area contributed by atoms with E-state index in [-0.39, 0.29) is 5.91 Å². The van der Waals surface area contributed by atoms with Gasteiger partial charge in [0.05, 0.1) is 12.3 Å². The van der Waals surface area contributed by atoms with Crippen LogP contribution in [-0.4, -0.2) is 27.0 Å². The molecule has 0 saturated carbocycles. The van der Waals surface area contributed by atoms with E-state index in [0.717, 1.165) is 11.1 Å². The van der Waals surface area contributed by atoms with Crippen molar-refractivity contribution in [2.75, 3.05) is 0 Å². The van der Waals surface area contributed by atoms with Crippen molar-refractivity contribution >= 4 is 24.3 Å². The van der Waals surface area contributed by atoms with Crippen LogP contribution in [0.25, 0.3) is 0 Å². The molecule has 0 aliphatic heterocycles. The second-order valence-electron chi connectivity index (χ2n) is 6.94. The van der Waals surface area contributed by atoms with Crippen molar-refractivity contribution in [3.63, 3.8) is 0 Å². The molecule has 4 rings (SSSR count). The Morgan fingerprint density at radius 3 is 2.29 bits per heavy atom. The fourth-order valence-electron chi connectivity index (χ4n) is 3.19. The van der Waals surface area contributed by atoms with Crippen LogP contribution in [0.2, 0.25) is 0 Å². The summed E-state index contributed by atoms with van der Waals surface area (Å²) in [6.45, 7) is 0. The highest BCUT2D eigenvalue weighted by molar-refractivity contribution is 7.71. The minimum absolute atomic E-state index is 0.186. The van der Waals surface area contributed by atoms with E-state index >= 15 is 0 Å². The number of nitrogens with zero attached hydrogens (tertiary/aromatic N) is 3. The van der Waals surface area contributed by atoms with E-state index in [1.807, 2.05) is 78.9 Å². The van der Waals surface area contributed by atoms with Gasteiger partial charge in [0.2, 0.25) is 4.77 Å². The number of hydrogen-bond acceptors (Lipinski definition) is 4. The summed E-state index contributed by atoms with van der Waals surface area (Å²) >= 11 is 5.40.